The van der Waals surface area contributed by atoms with Crippen LogP contribution in [0.15, 0.2) is 93.1 Å². The molecule has 7 amide bonds. The number of aromatic hydroxyl groups is 2. The predicted molar refractivity (Wildman–Crippen MR) is 393 cm³/mol. The monoisotopic (exact) mass is 1460 g/mol. The van der Waals surface area contributed by atoms with Crippen LogP contribution in [0, 0.1) is 23.2 Å². The van der Waals surface area contributed by atoms with Crippen molar-refractivity contribution in [2.45, 2.75) is 166 Å². The SMILES string of the molecule is CC[C@H](C)[C@H](NC(=O)[C@@H](Cc1ccc(O)cc1)NC(=O)[C@@H]1CCCN1C(=O)[C@H](CCCN=C(N)N)NC(=O)[C@@H](NC(=O)[C@@H]1CCCN1C(=O)[C@@H](CCCCN)NC(=S)Nc1ccc(-c2c3ccc(=O)cc-3oc3cc(O)ccc23)c(C(=O)O)c1)C1CCN(C(=N)N)CC1)C(=O)N[C@@H](CC(C)C)C(=O)O. The summed E-state index contributed by atoms with van der Waals surface area (Å²) in [5, 5.41) is 69.7. The Hall–Kier alpha value is -10.6. The summed E-state index contributed by atoms with van der Waals surface area (Å²) in [5.41, 5.74) is 24.7. The first-order chi connectivity index (χ1) is 49.5. The van der Waals surface area contributed by atoms with Gasteiger partial charge in [0.1, 0.15) is 71.2 Å². The van der Waals surface area contributed by atoms with Crippen LogP contribution in [0.4, 0.5) is 5.69 Å². The molecule has 1 aliphatic carbocycles. The van der Waals surface area contributed by atoms with E-state index in [1.54, 1.807) is 62.9 Å². The number of hydrogen-bond donors (Lipinski definition) is 16. The first-order valence-electron chi connectivity index (χ1n) is 35.2. The fourth-order valence-corrected chi connectivity index (χ4v) is 13.9. The number of aliphatic imine (C=N–C) groups is 1. The molecular weight excluding hydrogens is 1360 g/mol. The first-order valence-corrected chi connectivity index (χ1v) is 35.6. The summed E-state index contributed by atoms with van der Waals surface area (Å²) in [6.07, 6.45) is 3.17. The molecule has 4 heterocycles. The summed E-state index contributed by atoms with van der Waals surface area (Å²) < 4.78 is 5.98. The fraction of sp³-hybridized carbons (Fsp3) is 0.486. The zero-order valence-corrected chi connectivity index (χ0v) is 59.6. The molecule has 31 nitrogen and oxygen atoms in total. The normalized spacial score (nSPS) is 17.3. The third-order valence-electron chi connectivity index (χ3n) is 19.3. The number of carbonyl (C=O) groups excluding carboxylic acids is 7. The van der Waals surface area contributed by atoms with Crippen LogP contribution in [-0.2, 0) is 44.8 Å². The van der Waals surface area contributed by atoms with E-state index in [0.29, 0.717) is 60.7 Å². The number of carboxylic acid groups (broad SMARTS) is 2. The largest absolute Gasteiger partial charge is 0.508 e. The topological polar surface area (TPSA) is 499 Å². The molecule has 560 valence electrons. The van der Waals surface area contributed by atoms with Gasteiger partial charge in [0.15, 0.2) is 22.5 Å². The van der Waals surface area contributed by atoms with Gasteiger partial charge in [-0.2, -0.15) is 0 Å². The molecule has 0 spiro atoms. The quantitative estimate of drug-likeness (QED) is 0.00967. The van der Waals surface area contributed by atoms with Crippen molar-refractivity contribution in [2.75, 3.05) is 44.6 Å². The summed E-state index contributed by atoms with van der Waals surface area (Å²) in [4.78, 5) is 150. The van der Waals surface area contributed by atoms with E-state index >= 15 is 14.4 Å². The zero-order chi connectivity index (χ0) is 75.6. The number of rotatable bonds is 32. The summed E-state index contributed by atoms with van der Waals surface area (Å²) in [6.45, 7) is 8.11. The fourth-order valence-electron chi connectivity index (χ4n) is 13.6. The number of aromatic carboxylic acids is 1. The Bertz CT molecular complexity index is 4030. The predicted octanol–water partition coefficient (Wildman–Crippen LogP) is 2.94. The molecule has 9 atom stereocenters. The minimum atomic E-state index is -1.38. The molecule has 0 aromatic heterocycles. The first kappa shape index (κ1) is 79.1. The van der Waals surface area contributed by atoms with Gasteiger partial charge in [0, 0.05) is 73.5 Å². The van der Waals surface area contributed by atoms with Crippen molar-refractivity contribution in [3.63, 3.8) is 0 Å². The number of carboxylic acids is 2. The highest BCUT2D eigenvalue weighted by molar-refractivity contribution is 7.80. The van der Waals surface area contributed by atoms with Crippen molar-refractivity contribution in [2.24, 2.45) is 45.7 Å². The number of unbranched alkanes of at least 4 members (excludes halogenated alkanes) is 1. The average Bonchev–Trinajstić information content (AvgIpc) is 0.919. The van der Waals surface area contributed by atoms with Gasteiger partial charge in [-0.3, -0.25) is 48.8 Å². The number of nitrogens with zero attached hydrogens (tertiary/aromatic N) is 4. The standard InChI is InChI=1S/C72H96N16O15S/c1-5-39(4)59(64(95)82-53(69(101)102)33-38(2)3)84-61(92)52(34-40-15-18-43(89)19-16-40)81-62(93)54-13-9-29-87(54)66(97)50(12-8-28-78-70(74)75)80-65(96)60(41-25-31-86(32-26-41)71(76)77)85-63(94)55-14-10-30-88(55)67(98)51(11-6-7-27-73)83-72(104)79-42-17-22-46(49(35-42)68(99)100)58-47-23-20-44(90)36-56(47)103-57-37-45(91)21-24-48(57)58/h15-24,35-39,41,50-55,59-60,89-90H,5-14,25-34,73H2,1-4H3,(H3,76,77)(H,80,96)(H,81,93)(H,82,95)(H,84,92)(H,85,94)(H,99,100)(H,101,102)(H4,74,75,78)(H2,79,83,104)/t39-,50-,51+,52+,53-,54-,55-,59-,60-/m0/s1. The number of amides is 7. The Balaban J connectivity index is 1.02. The average molecular weight is 1460 g/mol. The lowest BCUT2D eigenvalue weighted by Gasteiger charge is -2.37. The van der Waals surface area contributed by atoms with Crippen LogP contribution in [0.25, 0.3) is 33.4 Å². The third-order valence-corrected chi connectivity index (χ3v) is 19.5. The maximum absolute atomic E-state index is 15.3. The molecule has 4 aliphatic heterocycles. The lowest BCUT2D eigenvalue weighted by atomic mass is 9.88. The number of phenolic OH excluding ortho intramolecular Hbond substituents is 2. The molecule has 3 aromatic rings. The van der Waals surface area contributed by atoms with E-state index in [1.807, 2.05) is 0 Å². The summed E-state index contributed by atoms with van der Waals surface area (Å²) in [5.74, 6) is -9.08. The van der Waals surface area contributed by atoms with Crippen LogP contribution >= 0.6 is 12.2 Å². The Morgan fingerprint density at radius 1 is 0.673 bits per heavy atom. The molecule has 32 heteroatoms. The van der Waals surface area contributed by atoms with Crippen LogP contribution < -0.4 is 65.6 Å². The number of guanidine groups is 2. The van der Waals surface area contributed by atoms with E-state index in [2.05, 4.69) is 42.2 Å². The Morgan fingerprint density at radius 2 is 1.29 bits per heavy atom. The lowest BCUT2D eigenvalue weighted by molar-refractivity contribution is -0.144. The Kier molecular flexibility index (Phi) is 27.7. The van der Waals surface area contributed by atoms with Gasteiger partial charge in [0.25, 0.3) is 0 Å². The number of likely N-dealkylation sites (tertiary alicyclic amines) is 3. The number of piperidine rings is 1. The highest BCUT2D eigenvalue weighted by Crippen LogP contribution is 2.43. The molecule has 0 bridgehead atoms. The number of nitrogens with two attached hydrogens (primary N) is 4. The summed E-state index contributed by atoms with van der Waals surface area (Å²) in [7, 11) is 0. The van der Waals surface area contributed by atoms with E-state index in [9.17, 15) is 54.0 Å². The van der Waals surface area contributed by atoms with Gasteiger partial charge in [0.2, 0.25) is 41.4 Å². The van der Waals surface area contributed by atoms with Crippen molar-refractivity contribution in [1.82, 2.24) is 46.6 Å². The van der Waals surface area contributed by atoms with Gasteiger partial charge in [-0.05, 0) is 173 Å². The molecule has 3 aromatic carbocycles. The number of benzene rings is 4. The van der Waals surface area contributed by atoms with Gasteiger partial charge < -0.3 is 99.7 Å². The van der Waals surface area contributed by atoms with Crippen molar-refractivity contribution in [3.8, 4) is 33.9 Å². The van der Waals surface area contributed by atoms with Crippen LogP contribution in [-0.4, -0.2) is 193 Å². The molecule has 20 N–H and O–H groups in total. The number of anilines is 1. The summed E-state index contributed by atoms with van der Waals surface area (Å²) in [6, 6.07) is 8.99. The van der Waals surface area contributed by atoms with E-state index in [-0.39, 0.29) is 159 Å². The molecule has 3 fully saturated rings. The molecule has 0 saturated carbocycles. The van der Waals surface area contributed by atoms with Crippen molar-refractivity contribution >= 4 is 99.2 Å². The second-order valence-electron chi connectivity index (χ2n) is 27.2. The van der Waals surface area contributed by atoms with E-state index in [1.165, 1.54) is 58.3 Å². The van der Waals surface area contributed by atoms with Gasteiger partial charge in [-0.1, -0.05) is 52.3 Å². The number of nitrogens with one attached hydrogen (secondary N) is 8. The van der Waals surface area contributed by atoms with Gasteiger partial charge in [-0.25, -0.2) is 9.59 Å². The maximum Gasteiger partial charge on any atom is 0.336 e. The molecular formula is C72H96N16O15S. The zero-order valence-electron chi connectivity index (χ0n) is 58.8. The highest BCUT2D eigenvalue weighted by Gasteiger charge is 2.44. The molecule has 104 heavy (non-hydrogen) atoms. The Labute approximate surface area is 606 Å². The molecule has 0 unspecified atom stereocenters. The smallest absolute Gasteiger partial charge is 0.336 e. The van der Waals surface area contributed by atoms with Crippen LogP contribution in [0.3, 0.4) is 0 Å². The van der Waals surface area contributed by atoms with E-state index < -0.39 is 113 Å². The maximum atomic E-state index is 15.3. The van der Waals surface area contributed by atoms with Gasteiger partial charge in [-0.15, -0.1) is 0 Å². The van der Waals surface area contributed by atoms with Crippen LogP contribution in [0.2, 0.25) is 0 Å². The van der Waals surface area contributed by atoms with Crippen molar-refractivity contribution in [3.05, 3.63) is 100 Å². The third kappa shape index (κ3) is 20.6. The van der Waals surface area contributed by atoms with Gasteiger partial charge in [0.05, 0.1) is 5.56 Å². The van der Waals surface area contributed by atoms with Gasteiger partial charge >= 0.3 is 11.9 Å². The summed E-state index contributed by atoms with van der Waals surface area (Å²) >= 11 is 5.80. The van der Waals surface area contributed by atoms with E-state index in [0.717, 1.165) is 0 Å². The number of phenols is 2. The lowest BCUT2D eigenvalue weighted by Crippen LogP contribution is -2.62. The second kappa shape index (κ2) is 36.5. The highest BCUT2D eigenvalue weighted by atomic mass is 32.1. The molecule has 8 rings (SSSR count). The second-order valence-corrected chi connectivity index (χ2v) is 27.6. The minimum Gasteiger partial charge on any atom is -0.508 e. The van der Waals surface area contributed by atoms with E-state index in [4.69, 9.17) is 45.0 Å². The number of fused-ring (bicyclic) bond motifs is 2. The minimum absolute atomic E-state index is 0.0308. The number of aliphatic carboxylic acids is 1. The number of thiocarbonyl (C=S) groups is 1. The van der Waals surface area contributed by atoms with Crippen molar-refractivity contribution < 1.29 is 68.0 Å². The van der Waals surface area contributed by atoms with Crippen molar-refractivity contribution in [1.29, 1.82) is 5.41 Å². The van der Waals surface area contributed by atoms with Crippen LogP contribution in [0.5, 0.6) is 11.5 Å². The number of carbonyl (C=O) groups is 9. The Morgan fingerprint density at radius 3 is 1.89 bits per heavy atom. The van der Waals surface area contributed by atoms with Crippen LogP contribution in [0.1, 0.15) is 127 Å². The molecule has 3 saturated heterocycles. The molecule has 5 aliphatic rings. The number of hydrogen-bond acceptors (Lipinski definition) is 17. The molecule has 0 radical (unpaired) electrons.